The first kappa shape index (κ1) is 13.7. The highest BCUT2D eigenvalue weighted by molar-refractivity contribution is 7.76. The zero-order valence-electron chi connectivity index (χ0n) is 7.87. The van der Waals surface area contributed by atoms with E-state index < -0.39 is 18.4 Å². The minimum Gasteiger partial charge on any atom is -0.390 e. The van der Waals surface area contributed by atoms with Crippen LogP contribution in [0.15, 0.2) is 5.11 Å². The SMILES string of the molecule is [B]B([B])B([B])[B].[N-]=[N+]=NCC1(O)CC1. The van der Waals surface area contributed by atoms with Crippen molar-refractivity contribution in [2.24, 2.45) is 5.11 Å². The van der Waals surface area contributed by atoms with Crippen LogP contribution in [0.4, 0.5) is 0 Å². The summed E-state index contributed by atoms with van der Waals surface area (Å²) in [6.45, 7) is 0.240. The lowest BCUT2D eigenvalue weighted by molar-refractivity contribution is 0.159. The highest BCUT2D eigenvalue weighted by Crippen LogP contribution is 2.34. The van der Waals surface area contributed by atoms with Crippen molar-refractivity contribution in [1.29, 1.82) is 0 Å². The fraction of sp³-hybridized carbons (Fsp3) is 1.00. The Morgan fingerprint density at radius 1 is 1.29 bits per heavy atom. The van der Waals surface area contributed by atoms with Crippen molar-refractivity contribution in [3.63, 3.8) is 0 Å². The van der Waals surface area contributed by atoms with Crippen molar-refractivity contribution in [1.82, 2.24) is 0 Å². The van der Waals surface area contributed by atoms with Crippen LogP contribution >= 0.6 is 0 Å². The Morgan fingerprint density at radius 2 is 1.71 bits per heavy atom. The summed E-state index contributed by atoms with van der Waals surface area (Å²) in [5.74, 6) is 0. The fourth-order valence-corrected chi connectivity index (χ4v) is 0.466. The number of nitrogens with zero attached hydrogens (tertiary/aromatic N) is 3. The zero-order chi connectivity index (χ0) is 11.2. The molecule has 0 unspecified atom stereocenters. The van der Waals surface area contributed by atoms with E-state index in [2.05, 4.69) is 10.0 Å². The third-order valence-corrected chi connectivity index (χ3v) is 1.70. The minimum atomic E-state index is -0.619. The largest absolute Gasteiger partial charge is 0.390 e. The number of hydrogen-bond acceptors (Lipinski definition) is 2. The number of aliphatic hydroxyl groups is 1. The summed E-state index contributed by atoms with van der Waals surface area (Å²) in [6, 6.07) is 0. The van der Waals surface area contributed by atoms with Gasteiger partial charge in [0.25, 0.3) is 0 Å². The maximum Gasteiger partial charge on any atom is 0.0706 e. The van der Waals surface area contributed by atoms with Crippen molar-refractivity contribution in [3.05, 3.63) is 10.4 Å². The van der Waals surface area contributed by atoms with Gasteiger partial charge >= 0.3 is 0 Å². The quantitative estimate of drug-likeness (QED) is 0.244. The molecule has 0 spiro atoms. The molecule has 8 radical (unpaired) electrons. The van der Waals surface area contributed by atoms with Gasteiger partial charge in [-0.1, -0.05) is 5.11 Å². The summed E-state index contributed by atoms with van der Waals surface area (Å²) in [6.07, 6.45) is 0.382. The molecule has 4 nitrogen and oxygen atoms in total. The summed E-state index contributed by atoms with van der Waals surface area (Å²) in [4.78, 5) is 2.53. The van der Waals surface area contributed by atoms with Crippen LogP contribution in [-0.4, -0.2) is 61.0 Å². The second kappa shape index (κ2) is 6.20. The number of azide groups is 1. The first-order valence-electron chi connectivity index (χ1n) is 4.17. The molecule has 0 heterocycles. The van der Waals surface area contributed by atoms with Crippen molar-refractivity contribution in [2.45, 2.75) is 18.4 Å². The molecule has 14 heavy (non-hydrogen) atoms. The van der Waals surface area contributed by atoms with Gasteiger partial charge in [0.2, 0.25) is 0 Å². The van der Waals surface area contributed by atoms with E-state index in [0.29, 0.717) is 0 Å². The van der Waals surface area contributed by atoms with Crippen molar-refractivity contribution in [2.75, 3.05) is 6.54 Å². The Bertz CT molecular complexity index is 207. The first-order chi connectivity index (χ1) is 6.41. The predicted octanol–water partition coefficient (Wildman–Crippen LogP) is -1.46. The molecule has 0 aromatic rings. The van der Waals surface area contributed by atoms with Crippen LogP contribution in [0.2, 0.25) is 0 Å². The third-order valence-electron chi connectivity index (χ3n) is 1.70. The van der Waals surface area contributed by atoms with Gasteiger partial charge < -0.3 is 5.11 Å². The van der Waals surface area contributed by atoms with Crippen molar-refractivity contribution in [3.8, 4) is 0 Å². The van der Waals surface area contributed by atoms with Crippen LogP contribution in [0, 0.1) is 0 Å². The Kier molecular flexibility index (Phi) is 6.05. The molecule has 1 saturated carbocycles. The average molecular weight is 178 g/mol. The lowest BCUT2D eigenvalue weighted by Crippen LogP contribution is -2.38. The van der Waals surface area contributed by atoms with E-state index in [-0.39, 0.29) is 6.54 Å². The van der Waals surface area contributed by atoms with Crippen LogP contribution in [0.1, 0.15) is 12.8 Å². The first-order valence-corrected chi connectivity index (χ1v) is 4.17. The van der Waals surface area contributed by atoms with Gasteiger partial charge in [-0.25, -0.2) is 0 Å². The minimum absolute atomic E-state index is 0.240. The van der Waals surface area contributed by atoms with Crippen LogP contribution in [-0.2, 0) is 0 Å². The maximum absolute atomic E-state index is 9.00. The smallest absolute Gasteiger partial charge is 0.0706 e. The fourth-order valence-electron chi connectivity index (χ4n) is 0.466. The van der Waals surface area contributed by atoms with Gasteiger partial charge in [-0.15, -0.1) is 0 Å². The normalized spacial score (nSPS) is 15.5. The lowest BCUT2D eigenvalue weighted by atomic mass is 8.81. The summed E-state index contributed by atoms with van der Waals surface area (Å²) in [7, 11) is 19.9. The van der Waals surface area contributed by atoms with E-state index in [4.69, 9.17) is 41.6 Å². The Morgan fingerprint density at radius 3 is 1.93 bits per heavy atom. The van der Waals surface area contributed by atoms with E-state index in [1.807, 2.05) is 0 Å². The van der Waals surface area contributed by atoms with Gasteiger partial charge in [0.15, 0.2) is 0 Å². The Balaban J connectivity index is 0.000000255. The summed E-state index contributed by atoms with van der Waals surface area (Å²) < 4.78 is 0. The third kappa shape index (κ3) is 7.10. The molecule has 0 atom stereocenters. The van der Waals surface area contributed by atoms with Gasteiger partial charge in [-0.2, -0.15) is 0 Å². The number of hydrogen-bond donors (Lipinski definition) is 1. The van der Waals surface area contributed by atoms with Crippen LogP contribution in [0.3, 0.4) is 0 Å². The number of rotatable bonds is 3. The van der Waals surface area contributed by atoms with E-state index in [1.165, 1.54) is 0 Å². The molecule has 0 amide bonds. The molecule has 0 aromatic heterocycles. The molecule has 0 aromatic carbocycles. The standard InChI is InChI=1S/C4H7N3O.B6/c5-7-6-3-4(8)1-2-4;1-5(2)6(3)4/h8H,1-3H2;. The molecular weight excluding hydrogens is 171 g/mol. The van der Waals surface area contributed by atoms with E-state index in [1.54, 1.807) is 0 Å². The summed E-state index contributed by atoms with van der Waals surface area (Å²) in [5, 5.41) is 12.2. The second-order valence-electron chi connectivity index (χ2n) is 3.27. The molecule has 10 heteroatoms. The van der Waals surface area contributed by atoms with Gasteiger partial charge in [-0.05, 0) is 18.4 Å². The van der Waals surface area contributed by atoms with Crippen LogP contribution in [0.25, 0.3) is 10.4 Å². The maximum atomic E-state index is 9.00. The van der Waals surface area contributed by atoms with Gasteiger partial charge in [0, 0.05) is 48.6 Å². The molecule has 62 valence electrons. The van der Waals surface area contributed by atoms with Crippen molar-refractivity contribution >= 4 is 43.7 Å². The van der Waals surface area contributed by atoms with E-state index in [9.17, 15) is 0 Å². The monoisotopic (exact) mass is 179 g/mol. The molecular formula is C4H7B6N3O. The van der Waals surface area contributed by atoms with E-state index in [0.717, 1.165) is 12.8 Å². The highest BCUT2D eigenvalue weighted by atomic mass is 16.3. The summed E-state index contributed by atoms with van der Waals surface area (Å²) >= 11 is 0. The highest BCUT2D eigenvalue weighted by Gasteiger charge is 2.39. The van der Waals surface area contributed by atoms with Gasteiger partial charge in [0.1, 0.15) is 0 Å². The lowest BCUT2D eigenvalue weighted by Gasteiger charge is -2.00. The summed E-state index contributed by atoms with van der Waals surface area (Å²) in [5.41, 5.74) is 7.19. The molecule has 0 aliphatic heterocycles. The second-order valence-corrected chi connectivity index (χ2v) is 3.27. The van der Waals surface area contributed by atoms with Gasteiger partial charge in [-0.3, -0.25) is 0 Å². The van der Waals surface area contributed by atoms with Crippen molar-refractivity contribution < 1.29 is 5.11 Å². The average Bonchev–Trinajstić information content (AvgIpc) is 2.82. The Labute approximate surface area is 89.9 Å². The molecule has 1 rings (SSSR count). The molecule has 0 saturated heterocycles. The Hall–Kier alpha value is -0.340. The predicted molar refractivity (Wildman–Crippen MR) is 62.7 cm³/mol. The molecule has 0 bridgehead atoms. The van der Waals surface area contributed by atoms with Gasteiger partial charge in [0.05, 0.1) is 12.1 Å². The van der Waals surface area contributed by atoms with E-state index >= 15 is 0 Å². The molecule has 1 fully saturated rings. The zero-order valence-corrected chi connectivity index (χ0v) is 7.87. The molecule has 1 N–H and O–H groups in total. The molecule has 1 aliphatic carbocycles. The molecule has 1 aliphatic rings. The van der Waals surface area contributed by atoms with Crippen LogP contribution < -0.4 is 0 Å². The topological polar surface area (TPSA) is 69.0 Å². The van der Waals surface area contributed by atoms with Crippen LogP contribution in [0.5, 0.6) is 0 Å².